The lowest BCUT2D eigenvalue weighted by atomic mass is 10.1. The topological polar surface area (TPSA) is 86.8 Å². The Morgan fingerprint density at radius 2 is 1.52 bits per heavy atom. The Morgan fingerprint density at radius 1 is 0.900 bits per heavy atom. The third-order valence-corrected chi connectivity index (χ3v) is 8.94. The van der Waals surface area contributed by atoms with Gasteiger partial charge < -0.3 is 10.2 Å². The summed E-state index contributed by atoms with van der Waals surface area (Å²) in [6.45, 7) is 8.30. The number of sulfonamides is 1. The highest BCUT2D eigenvalue weighted by molar-refractivity contribution is 7.92. The van der Waals surface area contributed by atoms with Crippen LogP contribution >= 0.6 is 34.8 Å². The van der Waals surface area contributed by atoms with Crippen molar-refractivity contribution >= 4 is 62.3 Å². The van der Waals surface area contributed by atoms with Crippen LogP contribution in [0.3, 0.4) is 0 Å². The van der Waals surface area contributed by atoms with Crippen molar-refractivity contribution in [3.8, 4) is 0 Å². The fourth-order valence-electron chi connectivity index (χ4n) is 3.87. The first-order chi connectivity index (χ1) is 18.6. The molecule has 1 atom stereocenters. The summed E-state index contributed by atoms with van der Waals surface area (Å²) in [6, 6.07) is 16.6. The predicted octanol–water partition coefficient (Wildman–Crippen LogP) is 6.48. The van der Waals surface area contributed by atoms with Crippen molar-refractivity contribution in [2.24, 2.45) is 0 Å². The molecule has 0 radical (unpaired) electrons. The van der Waals surface area contributed by atoms with E-state index < -0.39 is 40.0 Å². The number of anilines is 1. The molecule has 2 amide bonds. The van der Waals surface area contributed by atoms with Crippen LogP contribution in [0.1, 0.15) is 38.8 Å². The SMILES string of the molecule is Cc1ccc(S(=O)(=O)N(CC(=O)N(Cc2ccccc2Cl)C(C)C(=O)NC(C)(C)C)c2ccc(Cl)c(Cl)c2)cc1. The summed E-state index contributed by atoms with van der Waals surface area (Å²) in [6.07, 6.45) is 0. The number of carbonyl (C=O) groups is 2. The van der Waals surface area contributed by atoms with E-state index in [1.165, 1.54) is 35.2 Å². The van der Waals surface area contributed by atoms with Gasteiger partial charge in [0.15, 0.2) is 0 Å². The maximum Gasteiger partial charge on any atom is 0.264 e. The molecule has 0 bridgehead atoms. The molecule has 0 aliphatic rings. The summed E-state index contributed by atoms with van der Waals surface area (Å²) in [7, 11) is -4.23. The zero-order valence-corrected chi connectivity index (χ0v) is 26.0. The fourth-order valence-corrected chi connectivity index (χ4v) is 5.77. The Kier molecular flexibility index (Phi) is 10.2. The fraction of sp³-hybridized carbons (Fsp3) is 0.310. The zero-order chi connectivity index (χ0) is 29.8. The number of nitrogens with one attached hydrogen (secondary N) is 1. The average Bonchev–Trinajstić information content (AvgIpc) is 2.87. The number of benzene rings is 3. The minimum Gasteiger partial charge on any atom is -0.350 e. The molecule has 0 heterocycles. The smallest absolute Gasteiger partial charge is 0.264 e. The first-order valence-corrected chi connectivity index (χ1v) is 15.1. The molecular formula is C29H32Cl3N3O4S. The van der Waals surface area contributed by atoms with E-state index in [2.05, 4.69) is 5.32 Å². The van der Waals surface area contributed by atoms with Crippen LogP contribution in [0.2, 0.25) is 15.1 Å². The van der Waals surface area contributed by atoms with E-state index in [1.807, 2.05) is 27.7 Å². The molecule has 40 heavy (non-hydrogen) atoms. The van der Waals surface area contributed by atoms with Crippen molar-refractivity contribution in [1.82, 2.24) is 10.2 Å². The highest BCUT2D eigenvalue weighted by atomic mass is 35.5. The Labute approximate surface area is 251 Å². The van der Waals surface area contributed by atoms with E-state index in [0.717, 1.165) is 9.87 Å². The van der Waals surface area contributed by atoms with E-state index >= 15 is 0 Å². The highest BCUT2D eigenvalue weighted by Crippen LogP contribution is 2.31. The van der Waals surface area contributed by atoms with Crippen molar-refractivity contribution in [3.05, 3.63) is 92.9 Å². The van der Waals surface area contributed by atoms with E-state index in [4.69, 9.17) is 34.8 Å². The minimum absolute atomic E-state index is 0.00634. The molecule has 0 saturated carbocycles. The molecule has 3 aromatic carbocycles. The molecule has 0 spiro atoms. The second-order valence-corrected chi connectivity index (χ2v) is 13.5. The molecule has 0 aliphatic carbocycles. The number of amides is 2. The second kappa shape index (κ2) is 12.8. The maximum absolute atomic E-state index is 14.0. The van der Waals surface area contributed by atoms with Crippen LogP contribution in [0.4, 0.5) is 5.69 Å². The van der Waals surface area contributed by atoms with E-state index in [1.54, 1.807) is 43.3 Å². The van der Waals surface area contributed by atoms with Crippen LogP contribution in [0.25, 0.3) is 0 Å². The number of nitrogens with zero attached hydrogens (tertiary/aromatic N) is 2. The lowest BCUT2D eigenvalue weighted by Crippen LogP contribution is -2.54. The standard InChI is InChI=1S/C29H32Cl3N3O4S/c1-19-10-13-23(14-11-19)40(38,39)35(22-12-15-25(31)26(32)16-22)18-27(36)34(17-21-8-6-7-9-24(21)30)20(2)28(37)33-29(3,4)5/h6-16,20H,17-18H2,1-5H3,(H,33,37). The lowest BCUT2D eigenvalue weighted by molar-refractivity contribution is -0.140. The van der Waals surface area contributed by atoms with Gasteiger partial charge in [0.05, 0.1) is 20.6 Å². The van der Waals surface area contributed by atoms with E-state index in [-0.39, 0.29) is 27.2 Å². The maximum atomic E-state index is 14.0. The van der Waals surface area contributed by atoms with Crippen molar-refractivity contribution < 1.29 is 18.0 Å². The van der Waals surface area contributed by atoms with Crippen molar-refractivity contribution in [2.45, 2.75) is 57.6 Å². The molecule has 11 heteroatoms. The summed E-state index contributed by atoms with van der Waals surface area (Å²) in [5, 5.41) is 3.66. The van der Waals surface area contributed by atoms with Gasteiger partial charge in [-0.2, -0.15) is 0 Å². The summed E-state index contributed by atoms with van der Waals surface area (Å²) < 4.78 is 28.7. The molecule has 1 unspecified atom stereocenters. The highest BCUT2D eigenvalue weighted by Gasteiger charge is 2.33. The summed E-state index contributed by atoms with van der Waals surface area (Å²) in [5.41, 5.74) is 1.08. The minimum atomic E-state index is -4.23. The summed E-state index contributed by atoms with van der Waals surface area (Å²) in [5.74, 6) is -1.01. The Hall–Kier alpha value is -2.78. The number of carbonyl (C=O) groups excluding carboxylic acids is 2. The van der Waals surface area contributed by atoms with Crippen LogP contribution in [0.5, 0.6) is 0 Å². The van der Waals surface area contributed by atoms with Crippen molar-refractivity contribution in [3.63, 3.8) is 0 Å². The second-order valence-electron chi connectivity index (χ2n) is 10.5. The van der Waals surface area contributed by atoms with Crippen LogP contribution in [0.15, 0.2) is 71.6 Å². The summed E-state index contributed by atoms with van der Waals surface area (Å²) >= 11 is 18.7. The van der Waals surface area contributed by atoms with Crippen LogP contribution < -0.4 is 9.62 Å². The molecule has 0 aromatic heterocycles. The molecule has 214 valence electrons. The molecule has 0 saturated heterocycles. The van der Waals surface area contributed by atoms with Gasteiger partial charge in [0.2, 0.25) is 11.8 Å². The Bertz CT molecular complexity index is 1490. The van der Waals surface area contributed by atoms with E-state index in [9.17, 15) is 18.0 Å². The molecular weight excluding hydrogens is 593 g/mol. The lowest BCUT2D eigenvalue weighted by Gasteiger charge is -2.33. The molecule has 0 aliphatic heterocycles. The number of hydrogen-bond acceptors (Lipinski definition) is 4. The van der Waals surface area contributed by atoms with Crippen LogP contribution in [-0.4, -0.2) is 43.3 Å². The molecule has 1 N–H and O–H groups in total. The number of hydrogen-bond donors (Lipinski definition) is 1. The van der Waals surface area contributed by atoms with E-state index in [0.29, 0.717) is 10.6 Å². The van der Waals surface area contributed by atoms with Crippen LogP contribution in [0, 0.1) is 6.92 Å². The molecule has 3 aromatic rings. The Morgan fingerprint density at radius 3 is 2.10 bits per heavy atom. The van der Waals surface area contributed by atoms with Gasteiger partial charge in [-0.3, -0.25) is 13.9 Å². The molecule has 0 fully saturated rings. The van der Waals surface area contributed by atoms with Gasteiger partial charge in [0.1, 0.15) is 12.6 Å². The zero-order valence-electron chi connectivity index (χ0n) is 22.9. The summed E-state index contributed by atoms with van der Waals surface area (Å²) in [4.78, 5) is 28.5. The number of rotatable bonds is 9. The molecule has 3 rings (SSSR count). The quantitative estimate of drug-likeness (QED) is 0.295. The normalized spacial score (nSPS) is 12.5. The van der Waals surface area contributed by atoms with Crippen molar-refractivity contribution in [1.29, 1.82) is 0 Å². The van der Waals surface area contributed by atoms with Gasteiger partial charge in [-0.05, 0) is 76.6 Å². The third kappa shape index (κ3) is 7.91. The first-order valence-electron chi connectivity index (χ1n) is 12.5. The number of halogens is 3. The van der Waals surface area contributed by atoms with Gasteiger partial charge in [-0.1, -0.05) is 70.7 Å². The van der Waals surface area contributed by atoms with Gasteiger partial charge in [0.25, 0.3) is 10.0 Å². The third-order valence-electron chi connectivity index (χ3n) is 6.04. The largest absolute Gasteiger partial charge is 0.350 e. The predicted molar refractivity (Wildman–Crippen MR) is 162 cm³/mol. The average molecular weight is 625 g/mol. The van der Waals surface area contributed by atoms with Gasteiger partial charge in [-0.15, -0.1) is 0 Å². The van der Waals surface area contributed by atoms with Crippen molar-refractivity contribution in [2.75, 3.05) is 10.8 Å². The molecule has 7 nitrogen and oxygen atoms in total. The van der Waals surface area contributed by atoms with Crippen LogP contribution in [-0.2, 0) is 26.2 Å². The number of aryl methyl sites for hydroxylation is 1. The Balaban J connectivity index is 2.08. The first kappa shape index (κ1) is 31.7. The monoisotopic (exact) mass is 623 g/mol. The van der Waals surface area contributed by atoms with Gasteiger partial charge in [0, 0.05) is 17.1 Å². The van der Waals surface area contributed by atoms with Gasteiger partial charge in [-0.25, -0.2) is 8.42 Å². The van der Waals surface area contributed by atoms with Gasteiger partial charge >= 0.3 is 0 Å².